The van der Waals surface area contributed by atoms with Gasteiger partial charge < -0.3 is 9.84 Å². The van der Waals surface area contributed by atoms with Crippen molar-refractivity contribution < 1.29 is 42.2 Å². The molecule has 160 valence electrons. The van der Waals surface area contributed by atoms with Crippen molar-refractivity contribution in [1.82, 2.24) is 4.90 Å². The lowest BCUT2D eigenvalue weighted by atomic mass is 10.0. The number of Topliss-reactive ketones (excluding diaryl/α,β-unsaturated/α-hetero) is 1. The van der Waals surface area contributed by atoms with E-state index in [0.29, 0.717) is 17.0 Å². The zero-order valence-electron chi connectivity index (χ0n) is 16.4. The van der Waals surface area contributed by atoms with E-state index in [1.54, 1.807) is 0 Å². The standard InChI is InChI=1S/C19H22F3NO6/c1-5-15(25)23(18(28)29-19(2,3)4)13(17(26)27)6-7-14(24)16-11(21)8-10(20)9-12(16)22/h8-9,13H,5-7H2,1-4H3,(H,26,27). The van der Waals surface area contributed by atoms with Gasteiger partial charge in [0.05, 0.1) is 5.56 Å². The number of amides is 2. The third-order valence-electron chi connectivity index (χ3n) is 3.69. The number of aliphatic carboxylic acids is 1. The van der Waals surface area contributed by atoms with E-state index < -0.39 is 71.3 Å². The number of carbonyl (C=O) groups is 4. The molecule has 7 nitrogen and oxygen atoms in total. The van der Waals surface area contributed by atoms with Crippen molar-refractivity contribution in [3.05, 3.63) is 35.1 Å². The number of ether oxygens (including phenoxy) is 1. The van der Waals surface area contributed by atoms with Crippen LogP contribution in [-0.4, -0.2) is 45.4 Å². The number of ketones is 1. The fourth-order valence-corrected chi connectivity index (χ4v) is 2.45. The fourth-order valence-electron chi connectivity index (χ4n) is 2.45. The predicted molar refractivity (Wildman–Crippen MR) is 94.7 cm³/mol. The molecule has 1 unspecified atom stereocenters. The zero-order chi connectivity index (χ0) is 22.5. The Kier molecular flexibility index (Phi) is 7.93. The number of carbonyl (C=O) groups excluding carboxylic acids is 3. The summed E-state index contributed by atoms with van der Waals surface area (Å²) < 4.78 is 45.5. The quantitative estimate of drug-likeness (QED) is 0.679. The summed E-state index contributed by atoms with van der Waals surface area (Å²) in [6.45, 7) is 5.93. The lowest BCUT2D eigenvalue weighted by molar-refractivity contribution is -0.149. The Morgan fingerprint density at radius 2 is 1.62 bits per heavy atom. The number of hydrogen-bond donors (Lipinski definition) is 1. The number of rotatable bonds is 7. The van der Waals surface area contributed by atoms with E-state index in [0.717, 1.165) is 0 Å². The van der Waals surface area contributed by atoms with Crippen molar-refractivity contribution >= 4 is 23.8 Å². The van der Waals surface area contributed by atoms with Crippen molar-refractivity contribution in [1.29, 1.82) is 0 Å². The average Bonchev–Trinajstić information content (AvgIpc) is 2.54. The number of imide groups is 1. The molecule has 0 aliphatic heterocycles. The summed E-state index contributed by atoms with van der Waals surface area (Å²) in [5.74, 6) is -7.70. The molecule has 0 spiro atoms. The molecule has 10 heteroatoms. The van der Waals surface area contributed by atoms with E-state index in [2.05, 4.69) is 0 Å². The summed E-state index contributed by atoms with van der Waals surface area (Å²) in [6.07, 6.45) is -2.77. The van der Waals surface area contributed by atoms with E-state index in [1.165, 1.54) is 27.7 Å². The van der Waals surface area contributed by atoms with Crippen LogP contribution in [-0.2, 0) is 14.3 Å². The predicted octanol–water partition coefficient (Wildman–Crippen LogP) is 3.69. The minimum atomic E-state index is -1.80. The van der Waals surface area contributed by atoms with Gasteiger partial charge in [0.1, 0.15) is 29.1 Å². The second-order valence-electron chi connectivity index (χ2n) is 7.16. The molecule has 1 rings (SSSR count). The topological polar surface area (TPSA) is 101 Å². The molecule has 1 N–H and O–H groups in total. The number of benzene rings is 1. The van der Waals surface area contributed by atoms with Gasteiger partial charge in [-0.05, 0) is 27.2 Å². The lowest BCUT2D eigenvalue weighted by Gasteiger charge is -2.29. The van der Waals surface area contributed by atoms with Crippen LogP contribution in [0.25, 0.3) is 0 Å². The lowest BCUT2D eigenvalue weighted by Crippen LogP contribution is -2.50. The highest BCUT2D eigenvalue weighted by molar-refractivity contribution is 5.98. The maximum absolute atomic E-state index is 13.7. The van der Waals surface area contributed by atoms with Gasteiger partial charge in [0, 0.05) is 25.0 Å². The van der Waals surface area contributed by atoms with E-state index in [1.807, 2.05) is 0 Å². The normalized spacial score (nSPS) is 12.2. The van der Waals surface area contributed by atoms with Crippen molar-refractivity contribution in [2.24, 2.45) is 0 Å². The van der Waals surface area contributed by atoms with Crippen LogP contribution in [0.15, 0.2) is 12.1 Å². The largest absolute Gasteiger partial charge is 0.480 e. The van der Waals surface area contributed by atoms with Crippen molar-refractivity contribution in [3.8, 4) is 0 Å². The van der Waals surface area contributed by atoms with Gasteiger partial charge in [-0.3, -0.25) is 9.59 Å². The molecule has 0 bridgehead atoms. The summed E-state index contributed by atoms with van der Waals surface area (Å²) in [5, 5.41) is 9.45. The number of carboxylic acids is 1. The summed E-state index contributed by atoms with van der Waals surface area (Å²) in [5.41, 5.74) is -2.05. The number of carboxylic acid groups (broad SMARTS) is 1. The van der Waals surface area contributed by atoms with Crippen LogP contribution >= 0.6 is 0 Å². The molecule has 0 saturated carbocycles. The van der Waals surface area contributed by atoms with Gasteiger partial charge >= 0.3 is 12.1 Å². The van der Waals surface area contributed by atoms with Crippen LogP contribution in [0.2, 0.25) is 0 Å². The van der Waals surface area contributed by atoms with Crippen LogP contribution in [0.5, 0.6) is 0 Å². The summed E-state index contributed by atoms with van der Waals surface area (Å²) in [7, 11) is 0. The molecule has 0 radical (unpaired) electrons. The molecular weight excluding hydrogens is 395 g/mol. The Morgan fingerprint density at radius 3 is 2.03 bits per heavy atom. The molecule has 0 heterocycles. The molecule has 0 saturated heterocycles. The number of hydrogen-bond acceptors (Lipinski definition) is 5. The summed E-state index contributed by atoms with van der Waals surface area (Å²) >= 11 is 0. The molecule has 0 fully saturated rings. The van der Waals surface area contributed by atoms with Crippen molar-refractivity contribution in [3.63, 3.8) is 0 Å². The third-order valence-corrected chi connectivity index (χ3v) is 3.69. The Balaban J connectivity index is 3.12. The highest BCUT2D eigenvalue weighted by atomic mass is 19.1. The first-order valence-electron chi connectivity index (χ1n) is 8.74. The van der Waals surface area contributed by atoms with Crippen LogP contribution in [0, 0.1) is 17.5 Å². The van der Waals surface area contributed by atoms with E-state index >= 15 is 0 Å². The minimum absolute atomic E-state index is 0.224. The summed E-state index contributed by atoms with van der Waals surface area (Å²) in [4.78, 5) is 48.7. The molecule has 0 aromatic heterocycles. The van der Waals surface area contributed by atoms with Gasteiger partial charge in [-0.2, -0.15) is 0 Å². The highest BCUT2D eigenvalue weighted by Crippen LogP contribution is 2.21. The second kappa shape index (κ2) is 9.53. The fraction of sp³-hybridized carbons (Fsp3) is 0.474. The Bertz CT molecular complexity index is 796. The van der Waals surface area contributed by atoms with E-state index in [-0.39, 0.29) is 6.42 Å². The van der Waals surface area contributed by atoms with Gasteiger partial charge in [-0.25, -0.2) is 27.7 Å². The van der Waals surface area contributed by atoms with Gasteiger partial charge in [-0.1, -0.05) is 6.92 Å². The highest BCUT2D eigenvalue weighted by Gasteiger charge is 2.37. The molecular formula is C19H22F3NO6. The molecule has 0 aliphatic rings. The minimum Gasteiger partial charge on any atom is -0.480 e. The molecule has 1 aromatic carbocycles. The maximum Gasteiger partial charge on any atom is 0.417 e. The summed E-state index contributed by atoms with van der Waals surface area (Å²) in [6, 6.07) is -1.16. The second-order valence-corrected chi connectivity index (χ2v) is 7.16. The van der Waals surface area contributed by atoms with Gasteiger partial charge in [-0.15, -0.1) is 0 Å². The Hall–Kier alpha value is -2.91. The maximum atomic E-state index is 13.7. The van der Waals surface area contributed by atoms with E-state index in [4.69, 9.17) is 4.74 Å². The first-order chi connectivity index (χ1) is 13.3. The average molecular weight is 417 g/mol. The van der Waals surface area contributed by atoms with Crippen molar-refractivity contribution in [2.75, 3.05) is 0 Å². The van der Waals surface area contributed by atoms with Gasteiger partial charge in [0.25, 0.3) is 0 Å². The molecule has 0 aliphatic carbocycles. The van der Waals surface area contributed by atoms with Crippen LogP contribution in [0.4, 0.5) is 18.0 Å². The smallest absolute Gasteiger partial charge is 0.417 e. The monoisotopic (exact) mass is 417 g/mol. The number of nitrogens with zero attached hydrogens (tertiary/aromatic N) is 1. The van der Waals surface area contributed by atoms with E-state index in [9.17, 15) is 37.5 Å². The Labute approximate surface area is 165 Å². The Morgan fingerprint density at radius 1 is 1.10 bits per heavy atom. The van der Waals surface area contributed by atoms with Gasteiger partial charge in [0.2, 0.25) is 5.91 Å². The zero-order valence-corrected chi connectivity index (χ0v) is 16.4. The van der Waals surface area contributed by atoms with Crippen LogP contribution < -0.4 is 0 Å². The van der Waals surface area contributed by atoms with Crippen molar-refractivity contribution in [2.45, 2.75) is 58.6 Å². The number of halogens is 3. The first kappa shape index (κ1) is 24.1. The van der Waals surface area contributed by atoms with Gasteiger partial charge in [0.15, 0.2) is 5.78 Å². The van der Waals surface area contributed by atoms with Crippen LogP contribution in [0.1, 0.15) is 57.3 Å². The third kappa shape index (κ3) is 6.58. The molecule has 1 atom stereocenters. The van der Waals surface area contributed by atoms with Crippen LogP contribution in [0.3, 0.4) is 0 Å². The molecule has 2 amide bonds. The first-order valence-corrected chi connectivity index (χ1v) is 8.74. The molecule has 1 aromatic rings. The SMILES string of the molecule is CCC(=O)N(C(=O)OC(C)(C)C)C(CCC(=O)c1c(F)cc(F)cc1F)C(=O)O. The molecule has 29 heavy (non-hydrogen) atoms.